The molecule has 0 aliphatic carbocycles. The normalized spacial score (nSPS) is 18.8. The fourth-order valence-corrected chi connectivity index (χ4v) is 4.34. The van der Waals surface area contributed by atoms with E-state index in [2.05, 4.69) is 37.6 Å². The van der Waals surface area contributed by atoms with Crippen molar-refractivity contribution in [1.29, 1.82) is 0 Å². The van der Waals surface area contributed by atoms with Crippen LogP contribution in [0.4, 0.5) is 15.8 Å². The van der Waals surface area contributed by atoms with E-state index in [1.54, 1.807) is 24.3 Å². The molecule has 144 valence electrons. The van der Waals surface area contributed by atoms with Crippen molar-refractivity contribution in [2.75, 3.05) is 11.4 Å². The minimum Gasteiger partial charge on any atom is -0.366 e. The topological polar surface area (TPSA) is 15.6 Å². The van der Waals surface area contributed by atoms with Crippen molar-refractivity contribution in [3.8, 4) is 0 Å². The van der Waals surface area contributed by atoms with Crippen LogP contribution in [0.5, 0.6) is 0 Å². The molecule has 1 unspecified atom stereocenters. The summed E-state index contributed by atoms with van der Waals surface area (Å²) in [7, 11) is 0. The van der Waals surface area contributed by atoms with Gasteiger partial charge in [-0.1, -0.05) is 43.1 Å². The van der Waals surface area contributed by atoms with Gasteiger partial charge < -0.3 is 4.90 Å². The minimum absolute atomic E-state index is 0.0127. The molecule has 0 amide bonds. The van der Waals surface area contributed by atoms with E-state index < -0.39 is 0 Å². The number of aliphatic imine (C=N–C) groups is 1. The van der Waals surface area contributed by atoms with Crippen molar-refractivity contribution in [2.45, 2.75) is 52.0 Å². The molecule has 2 nitrogen and oxygen atoms in total. The fraction of sp³-hybridized carbons (Fsp3) is 0.409. The number of hydrogen-bond acceptors (Lipinski definition) is 2. The van der Waals surface area contributed by atoms with Crippen LogP contribution in [0, 0.1) is 5.82 Å². The smallest absolute Gasteiger partial charge is 0.134 e. The van der Waals surface area contributed by atoms with Crippen LogP contribution in [0.15, 0.2) is 35.3 Å². The lowest BCUT2D eigenvalue weighted by atomic mass is 9.79. The molecule has 1 aliphatic heterocycles. The maximum atomic E-state index is 14.9. The van der Waals surface area contributed by atoms with Crippen molar-refractivity contribution in [2.24, 2.45) is 4.99 Å². The largest absolute Gasteiger partial charge is 0.366 e. The first-order valence-corrected chi connectivity index (χ1v) is 10.1. The number of benzene rings is 2. The lowest BCUT2D eigenvalue weighted by Crippen LogP contribution is -2.48. The Morgan fingerprint density at radius 2 is 2.04 bits per heavy atom. The highest BCUT2D eigenvalue weighted by molar-refractivity contribution is 6.43. The van der Waals surface area contributed by atoms with Gasteiger partial charge in [0, 0.05) is 29.5 Å². The third kappa shape index (κ3) is 4.00. The predicted molar refractivity (Wildman–Crippen MR) is 115 cm³/mol. The maximum Gasteiger partial charge on any atom is 0.134 e. The maximum absolute atomic E-state index is 14.9. The molecule has 27 heavy (non-hydrogen) atoms. The Morgan fingerprint density at radius 1 is 1.30 bits per heavy atom. The number of fused-ring (bicyclic) bond motifs is 1. The average Bonchev–Trinajstić information content (AvgIpc) is 2.60. The molecule has 1 heterocycles. The van der Waals surface area contributed by atoms with Crippen molar-refractivity contribution < 1.29 is 4.39 Å². The Bertz CT molecular complexity index is 877. The van der Waals surface area contributed by atoms with Crippen molar-refractivity contribution >= 4 is 40.8 Å². The first kappa shape index (κ1) is 20.2. The zero-order chi connectivity index (χ0) is 19.8. The van der Waals surface area contributed by atoms with E-state index in [4.69, 9.17) is 23.2 Å². The van der Waals surface area contributed by atoms with E-state index in [1.807, 2.05) is 6.07 Å². The lowest BCUT2D eigenvalue weighted by Gasteiger charge is -2.47. The quantitative estimate of drug-likeness (QED) is 0.483. The Morgan fingerprint density at radius 3 is 2.74 bits per heavy atom. The molecule has 1 atom stereocenters. The zero-order valence-electron chi connectivity index (χ0n) is 16.2. The standard InChI is InChI=1S/C22H25Cl2FN2/c1-5-9-27-20-11-18(25)15(10-16(20)14(2)12-22(27,3)4)13-26-19-8-6-7-17(23)21(19)24/h6-8,10-11,13-14H,5,9,12H2,1-4H3. The Balaban J connectivity index is 2.02. The van der Waals surface area contributed by atoms with E-state index in [9.17, 15) is 4.39 Å². The summed E-state index contributed by atoms with van der Waals surface area (Å²) in [4.78, 5) is 6.69. The second-order valence-electron chi connectivity index (χ2n) is 7.83. The van der Waals surface area contributed by atoms with Gasteiger partial charge in [-0.05, 0) is 62.4 Å². The summed E-state index contributed by atoms with van der Waals surface area (Å²) in [6.45, 7) is 9.74. The summed E-state index contributed by atoms with van der Waals surface area (Å²) in [5.41, 5.74) is 3.17. The Labute approximate surface area is 171 Å². The summed E-state index contributed by atoms with van der Waals surface area (Å²) in [6.07, 6.45) is 3.58. The molecule has 3 rings (SSSR count). The van der Waals surface area contributed by atoms with Crippen LogP contribution in [0.1, 0.15) is 57.6 Å². The summed E-state index contributed by atoms with van der Waals surface area (Å²) in [5.74, 6) is 0.0762. The van der Waals surface area contributed by atoms with Gasteiger partial charge in [0.25, 0.3) is 0 Å². The Kier molecular flexibility index (Phi) is 5.83. The molecular formula is C22H25Cl2FN2. The number of halogens is 3. The molecule has 0 aromatic heterocycles. The van der Waals surface area contributed by atoms with Gasteiger partial charge in [0.15, 0.2) is 0 Å². The van der Waals surface area contributed by atoms with E-state index in [-0.39, 0.29) is 11.4 Å². The molecule has 0 saturated heterocycles. The van der Waals surface area contributed by atoms with Crippen LogP contribution in [0.25, 0.3) is 0 Å². The van der Waals surface area contributed by atoms with Gasteiger partial charge in [0.2, 0.25) is 0 Å². The monoisotopic (exact) mass is 406 g/mol. The van der Waals surface area contributed by atoms with Crippen molar-refractivity contribution in [3.63, 3.8) is 0 Å². The van der Waals surface area contributed by atoms with E-state index >= 15 is 0 Å². The molecule has 0 N–H and O–H groups in total. The first-order chi connectivity index (χ1) is 12.7. The van der Waals surface area contributed by atoms with Crippen LogP contribution in [0.2, 0.25) is 10.0 Å². The summed E-state index contributed by atoms with van der Waals surface area (Å²) in [5, 5.41) is 0.807. The van der Waals surface area contributed by atoms with Crippen LogP contribution < -0.4 is 4.90 Å². The number of anilines is 1. The van der Waals surface area contributed by atoms with Crippen LogP contribution in [-0.4, -0.2) is 18.3 Å². The van der Waals surface area contributed by atoms with E-state index in [1.165, 1.54) is 11.8 Å². The summed E-state index contributed by atoms with van der Waals surface area (Å²) < 4.78 is 14.9. The SMILES string of the molecule is CCCN1c2cc(F)c(C=Nc3cccc(Cl)c3Cl)cc2C(C)CC1(C)C. The third-order valence-electron chi connectivity index (χ3n) is 5.23. The van der Waals surface area contributed by atoms with Gasteiger partial charge in [-0.15, -0.1) is 0 Å². The molecule has 5 heteroatoms. The van der Waals surface area contributed by atoms with Gasteiger partial charge in [-0.3, -0.25) is 4.99 Å². The highest BCUT2D eigenvalue weighted by atomic mass is 35.5. The molecular weight excluding hydrogens is 382 g/mol. The third-order valence-corrected chi connectivity index (χ3v) is 6.03. The summed E-state index contributed by atoms with van der Waals surface area (Å²) >= 11 is 12.2. The van der Waals surface area contributed by atoms with Gasteiger partial charge in [-0.25, -0.2) is 4.39 Å². The molecule has 0 bridgehead atoms. The molecule has 0 radical (unpaired) electrons. The second kappa shape index (κ2) is 7.81. The second-order valence-corrected chi connectivity index (χ2v) is 8.62. The van der Waals surface area contributed by atoms with Crippen LogP contribution >= 0.6 is 23.2 Å². The van der Waals surface area contributed by atoms with Gasteiger partial charge >= 0.3 is 0 Å². The molecule has 1 aliphatic rings. The number of nitrogens with zero attached hydrogens (tertiary/aromatic N) is 2. The highest BCUT2D eigenvalue weighted by Gasteiger charge is 2.36. The lowest BCUT2D eigenvalue weighted by molar-refractivity contribution is 0.375. The van der Waals surface area contributed by atoms with Gasteiger partial charge in [-0.2, -0.15) is 0 Å². The predicted octanol–water partition coefficient (Wildman–Crippen LogP) is 7.39. The summed E-state index contributed by atoms with van der Waals surface area (Å²) in [6, 6.07) is 8.82. The van der Waals surface area contributed by atoms with Crippen molar-refractivity contribution in [3.05, 3.63) is 57.3 Å². The molecule has 0 fully saturated rings. The number of hydrogen-bond donors (Lipinski definition) is 0. The zero-order valence-corrected chi connectivity index (χ0v) is 17.7. The molecule has 0 spiro atoms. The Hall–Kier alpha value is -1.58. The van der Waals surface area contributed by atoms with Crippen molar-refractivity contribution in [1.82, 2.24) is 0 Å². The molecule has 2 aromatic carbocycles. The van der Waals surface area contributed by atoms with E-state index in [0.29, 0.717) is 27.2 Å². The number of rotatable bonds is 4. The fourth-order valence-electron chi connectivity index (χ4n) is 4.00. The van der Waals surface area contributed by atoms with Gasteiger partial charge in [0.05, 0.1) is 15.7 Å². The van der Waals surface area contributed by atoms with Gasteiger partial charge in [0.1, 0.15) is 5.82 Å². The highest BCUT2D eigenvalue weighted by Crippen LogP contribution is 2.44. The van der Waals surface area contributed by atoms with E-state index in [0.717, 1.165) is 25.1 Å². The molecule has 2 aromatic rings. The minimum atomic E-state index is -0.276. The van der Waals surface area contributed by atoms with Crippen LogP contribution in [0.3, 0.4) is 0 Å². The average molecular weight is 407 g/mol. The molecule has 0 saturated carbocycles. The first-order valence-electron chi connectivity index (χ1n) is 9.33. The van der Waals surface area contributed by atoms with Crippen LogP contribution in [-0.2, 0) is 0 Å².